The van der Waals surface area contributed by atoms with E-state index < -0.39 is 12.1 Å². The molecule has 1 amide bonds. The van der Waals surface area contributed by atoms with Gasteiger partial charge in [-0.15, -0.1) is 0 Å². The average molecular weight is 358 g/mol. The summed E-state index contributed by atoms with van der Waals surface area (Å²) < 4.78 is 10.9. The van der Waals surface area contributed by atoms with Gasteiger partial charge in [-0.3, -0.25) is 9.59 Å². The van der Waals surface area contributed by atoms with Crippen molar-refractivity contribution >= 4 is 33.5 Å². The van der Waals surface area contributed by atoms with E-state index in [1.54, 1.807) is 19.1 Å². The summed E-state index contributed by atoms with van der Waals surface area (Å²) in [5.41, 5.74) is 0.573. The second kappa shape index (κ2) is 6.91. The van der Waals surface area contributed by atoms with Gasteiger partial charge in [-0.25, -0.2) is 0 Å². The predicted octanol–water partition coefficient (Wildman–Crippen LogP) is 1.49. The summed E-state index contributed by atoms with van der Waals surface area (Å²) in [6.07, 6.45) is -1.14. The minimum Gasteiger partial charge on any atom is -0.482 e. The molecule has 1 unspecified atom stereocenters. The number of rotatable bonds is 5. The van der Waals surface area contributed by atoms with Crippen molar-refractivity contribution in [2.45, 2.75) is 19.4 Å². The molecular weight excluding hydrogens is 342 g/mol. The number of hydrogen-bond donors (Lipinski definition) is 1. The number of amides is 1. The first-order valence-electron chi connectivity index (χ1n) is 6.57. The number of fused-ring (bicyclic) bond motifs is 1. The van der Waals surface area contributed by atoms with E-state index in [0.29, 0.717) is 11.4 Å². The molecule has 0 aromatic heterocycles. The predicted molar refractivity (Wildman–Crippen MR) is 79.2 cm³/mol. The summed E-state index contributed by atoms with van der Waals surface area (Å²) in [5.74, 6) is -0.176. The van der Waals surface area contributed by atoms with Gasteiger partial charge < -0.3 is 19.5 Å². The number of benzene rings is 1. The smallest absolute Gasteiger partial charge is 0.308 e. The number of ether oxygens (including phenoxy) is 2. The highest BCUT2D eigenvalue weighted by molar-refractivity contribution is 9.10. The standard InChI is InChI=1S/C14H16BrNO5/c1-2-20-14(19)6-10(17)7-16-11-5-9(15)3-4-12(11)21-8-13(16)18/h3-5,10,17H,2,6-8H2,1H3. The molecule has 1 aromatic carbocycles. The van der Waals surface area contributed by atoms with Crippen LogP contribution in [0.4, 0.5) is 5.69 Å². The van der Waals surface area contributed by atoms with Crippen LogP contribution in [0.2, 0.25) is 0 Å². The highest BCUT2D eigenvalue weighted by atomic mass is 79.9. The zero-order valence-corrected chi connectivity index (χ0v) is 13.1. The molecule has 1 heterocycles. The molecule has 2 rings (SSSR count). The third kappa shape index (κ3) is 3.95. The van der Waals surface area contributed by atoms with E-state index in [1.807, 2.05) is 6.07 Å². The number of hydrogen-bond acceptors (Lipinski definition) is 5. The summed E-state index contributed by atoms with van der Waals surface area (Å²) in [6, 6.07) is 5.29. The molecule has 0 saturated carbocycles. The van der Waals surface area contributed by atoms with Gasteiger partial charge in [-0.2, -0.15) is 0 Å². The molecule has 1 aliphatic rings. The molecule has 6 nitrogen and oxygen atoms in total. The summed E-state index contributed by atoms with van der Waals surface area (Å²) in [6.45, 7) is 1.90. The molecule has 1 atom stereocenters. The number of halogens is 1. The Morgan fingerprint density at radius 1 is 1.57 bits per heavy atom. The molecule has 114 valence electrons. The highest BCUT2D eigenvalue weighted by Crippen LogP contribution is 2.34. The average Bonchev–Trinajstić information content (AvgIpc) is 2.42. The maximum atomic E-state index is 12.0. The Morgan fingerprint density at radius 2 is 2.33 bits per heavy atom. The minimum atomic E-state index is -0.988. The van der Waals surface area contributed by atoms with Gasteiger partial charge >= 0.3 is 5.97 Å². The monoisotopic (exact) mass is 357 g/mol. The van der Waals surface area contributed by atoms with Crippen molar-refractivity contribution in [3.8, 4) is 5.75 Å². The van der Waals surface area contributed by atoms with Crippen LogP contribution in [0.25, 0.3) is 0 Å². The van der Waals surface area contributed by atoms with Crippen LogP contribution < -0.4 is 9.64 Å². The zero-order chi connectivity index (χ0) is 15.4. The maximum Gasteiger partial charge on any atom is 0.308 e. The van der Waals surface area contributed by atoms with E-state index in [1.165, 1.54) is 4.90 Å². The summed E-state index contributed by atoms with van der Waals surface area (Å²) in [4.78, 5) is 24.8. The van der Waals surface area contributed by atoms with Gasteiger partial charge in [0.2, 0.25) is 0 Å². The molecule has 21 heavy (non-hydrogen) atoms. The first kappa shape index (κ1) is 15.8. The summed E-state index contributed by atoms with van der Waals surface area (Å²) in [7, 11) is 0. The Kier molecular flexibility index (Phi) is 5.19. The molecule has 0 aliphatic carbocycles. The molecule has 0 bridgehead atoms. The van der Waals surface area contributed by atoms with Crippen LogP contribution in [0.3, 0.4) is 0 Å². The molecule has 1 aliphatic heterocycles. The van der Waals surface area contributed by atoms with Crippen molar-refractivity contribution in [1.82, 2.24) is 0 Å². The number of aliphatic hydroxyl groups excluding tert-OH is 1. The van der Waals surface area contributed by atoms with Gasteiger partial charge in [0.05, 0.1) is 31.4 Å². The summed E-state index contributed by atoms with van der Waals surface area (Å²) >= 11 is 3.33. The second-order valence-corrected chi connectivity index (χ2v) is 5.48. The van der Waals surface area contributed by atoms with Gasteiger partial charge in [0.15, 0.2) is 6.61 Å². The Balaban J connectivity index is 2.10. The fourth-order valence-electron chi connectivity index (χ4n) is 2.06. The van der Waals surface area contributed by atoms with Crippen LogP contribution in [0, 0.1) is 0 Å². The lowest BCUT2D eigenvalue weighted by atomic mass is 10.2. The molecular formula is C14H16BrNO5. The fraction of sp³-hybridized carbons (Fsp3) is 0.429. The molecule has 0 fully saturated rings. The number of esters is 1. The maximum absolute atomic E-state index is 12.0. The molecule has 0 spiro atoms. The van der Waals surface area contributed by atoms with Crippen molar-refractivity contribution in [3.05, 3.63) is 22.7 Å². The lowest BCUT2D eigenvalue weighted by Crippen LogP contribution is -2.43. The lowest BCUT2D eigenvalue weighted by Gasteiger charge is -2.30. The third-order valence-electron chi connectivity index (χ3n) is 2.96. The summed E-state index contributed by atoms with van der Waals surface area (Å²) in [5, 5.41) is 9.96. The van der Waals surface area contributed by atoms with Crippen LogP contribution in [-0.2, 0) is 14.3 Å². The van der Waals surface area contributed by atoms with E-state index in [9.17, 15) is 14.7 Å². The van der Waals surface area contributed by atoms with Gasteiger partial charge in [-0.1, -0.05) is 15.9 Å². The van der Waals surface area contributed by atoms with Crippen molar-refractivity contribution < 1.29 is 24.2 Å². The minimum absolute atomic E-state index is 0.0183. The van der Waals surface area contributed by atoms with Crippen LogP contribution in [0.1, 0.15) is 13.3 Å². The second-order valence-electron chi connectivity index (χ2n) is 4.57. The van der Waals surface area contributed by atoms with Crippen molar-refractivity contribution in [2.75, 3.05) is 24.7 Å². The topological polar surface area (TPSA) is 76.1 Å². The number of aliphatic hydroxyl groups is 1. The van der Waals surface area contributed by atoms with Gasteiger partial charge in [0.25, 0.3) is 5.91 Å². The first-order chi connectivity index (χ1) is 10.0. The van der Waals surface area contributed by atoms with Crippen LogP contribution >= 0.6 is 15.9 Å². The van der Waals surface area contributed by atoms with E-state index in [2.05, 4.69) is 15.9 Å². The normalized spacial score (nSPS) is 15.2. The van der Waals surface area contributed by atoms with Gasteiger partial charge in [-0.05, 0) is 25.1 Å². The Morgan fingerprint density at radius 3 is 3.05 bits per heavy atom. The number of carbonyl (C=O) groups excluding carboxylic acids is 2. The van der Waals surface area contributed by atoms with Crippen LogP contribution in [-0.4, -0.2) is 42.8 Å². The van der Waals surface area contributed by atoms with E-state index in [4.69, 9.17) is 9.47 Å². The highest BCUT2D eigenvalue weighted by Gasteiger charge is 2.28. The molecule has 0 saturated heterocycles. The van der Waals surface area contributed by atoms with Crippen molar-refractivity contribution in [1.29, 1.82) is 0 Å². The Bertz CT molecular complexity index is 548. The molecule has 0 radical (unpaired) electrons. The van der Waals surface area contributed by atoms with E-state index >= 15 is 0 Å². The lowest BCUT2D eigenvalue weighted by molar-refractivity contribution is -0.145. The van der Waals surface area contributed by atoms with E-state index in [0.717, 1.165) is 4.47 Å². The Labute approximate surface area is 130 Å². The van der Waals surface area contributed by atoms with Gasteiger partial charge in [0, 0.05) is 4.47 Å². The molecule has 1 aromatic rings. The van der Waals surface area contributed by atoms with E-state index in [-0.39, 0.29) is 32.1 Å². The first-order valence-corrected chi connectivity index (χ1v) is 7.37. The third-order valence-corrected chi connectivity index (χ3v) is 3.46. The van der Waals surface area contributed by atoms with Crippen molar-refractivity contribution in [2.24, 2.45) is 0 Å². The fourth-order valence-corrected chi connectivity index (χ4v) is 2.41. The number of anilines is 1. The van der Waals surface area contributed by atoms with Gasteiger partial charge in [0.1, 0.15) is 5.75 Å². The van der Waals surface area contributed by atoms with Crippen molar-refractivity contribution in [3.63, 3.8) is 0 Å². The number of β-amino-alcohol motifs (C(OH)–C–C–N with tert-alkyl or cyclic N) is 1. The Hall–Kier alpha value is -1.60. The van der Waals surface area contributed by atoms with Crippen LogP contribution in [0.15, 0.2) is 22.7 Å². The van der Waals surface area contributed by atoms with Crippen LogP contribution in [0.5, 0.6) is 5.75 Å². The number of nitrogens with zero attached hydrogens (tertiary/aromatic N) is 1. The number of carbonyl (C=O) groups is 2. The molecule has 7 heteroatoms. The largest absolute Gasteiger partial charge is 0.482 e. The quantitative estimate of drug-likeness (QED) is 0.808. The zero-order valence-electron chi connectivity index (χ0n) is 11.5. The SMILES string of the molecule is CCOC(=O)CC(O)CN1C(=O)COc2ccc(Br)cc21. The molecule has 1 N–H and O–H groups in total.